The van der Waals surface area contributed by atoms with Gasteiger partial charge in [-0.05, 0) is 36.1 Å². The average molecular weight is 530 g/mol. The van der Waals surface area contributed by atoms with Crippen molar-refractivity contribution in [3.05, 3.63) is 75.6 Å². The zero-order chi connectivity index (χ0) is 27.2. The molecule has 9 heteroatoms. The lowest BCUT2D eigenvalue weighted by Gasteiger charge is -2.28. The number of nitrogens with one attached hydrogen (secondary N) is 1. The van der Waals surface area contributed by atoms with E-state index >= 15 is 0 Å². The maximum absolute atomic E-state index is 13.0. The molecule has 1 saturated heterocycles. The first kappa shape index (κ1) is 26.6. The summed E-state index contributed by atoms with van der Waals surface area (Å²) in [6, 6.07) is 12.7. The summed E-state index contributed by atoms with van der Waals surface area (Å²) in [5, 5.41) is 19.2. The number of fused-ring (bicyclic) bond motifs is 1. The number of para-hydroxylation sites is 1. The van der Waals surface area contributed by atoms with Gasteiger partial charge < -0.3 is 19.7 Å². The van der Waals surface area contributed by atoms with Crippen LogP contribution in [0.2, 0.25) is 0 Å². The normalized spacial score (nSPS) is 13.7. The van der Waals surface area contributed by atoms with Gasteiger partial charge in [0, 0.05) is 30.1 Å². The zero-order valence-electron chi connectivity index (χ0n) is 22.4. The van der Waals surface area contributed by atoms with Crippen molar-refractivity contribution in [2.45, 2.75) is 52.0 Å². The number of ether oxygens (including phenoxy) is 1. The van der Waals surface area contributed by atoms with E-state index in [0.29, 0.717) is 36.4 Å². The molecule has 2 aromatic heterocycles. The molecule has 0 bridgehead atoms. The topological polar surface area (TPSA) is 113 Å². The van der Waals surface area contributed by atoms with Crippen LogP contribution in [0, 0.1) is 0 Å². The second-order valence-electron chi connectivity index (χ2n) is 10.1. The predicted molar refractivity (Wildman–Crippen MR) is 152 cm³/mol. The van der Waals surface area contributed by atoms with Crippen LogP contribution in [-0.2, 0) is 17.7 Å². The number of carboxylic acid groups (broad SMARTS) is 1. The zero-order valence-corrected chi connectivity index (χ0v) is 22.4. The van der Waals surface area contributed by atoms with Gasteiger partial charge in [-0.1, -0.05) is 62.1 Å². The molecule has 9 nitrogen and oxygen atoms in total. The van der Waals surface area contributed by atoms with Gasteiger partial charge in [0.1, 0.15) is 11.5 Å². The van der Waals surface area contributed by atoms with Crippen molar-refractivity contribution in [3.63, 3.8) is 0 Å². The van der Waals surface area contributed by atoms with Crippen LogP contribution in [0.25, 0.3) is 22.2 Å². The number of aromatic nitrogens is 4. The Balaban J connectivity index is 1.43. The van der Waals surface area contributed by atoms with Crippen molar-refractivity contribution in [3.8, 4) is 11.3 Å². The van der Waals surface area contributed by atoms with Crippen molar-refractivity contribution < 1.29 is 14.6 Å². The number of aromatic amines is 1. The summed E-state index contributed by atoms with van der Waals surface area (Å²) in [6.45, 7) is 5.29. The van der Waals surface area contributed by atoms with E-state index in [9.17, 15) is 14.7 Å². The SMILES string of the molecule is CCCCCCCc1c(Cn2cc(-c3cccc4c(=O)cc(N5CCOCC5)[nH]c34)nn2)cccc1C(=O)O. The van der Waals surface area contributed by atoms with Gasteiger partial charge >= 0.3 is 5.97 Å². The van der Waals surface area contributed by atoms with Crippen LogP contribution in [0.4, 0.5) is 5.82 Å². The third-order valence-corrected chi connectivity index (χ3v) is 7.38. The standard InChI is InChI=1S/C30H35N5O4/c1-2-3-4-5-6-10-22-21(9-7-11-23(22)30(37)38)19-35-20-26(32-33-35)24-12-8-13-25-27(36)18-28(31-29(24)25)34-14-16-39-17-15-34/h7-9,11-13,18,20H,2-6,10,14-17,19H2,1H3,(H,31,36)(H,37,38). The molecular weight excluding hydrogens is 494 g/mol. The molecule has 0 spiro atoms. The first-order valence-electron chi connectivity index (χ1n) is 13.8. The molecule has 0 amide bonds. The lowest BCUT2D eigenvalue weighted by atomic mass is 9.95. The molecule has 1 aliphatic rings. The number of unbranched alkanes of at least 4 members (excludes halogenated alkanes) is 4. The Morgan fingerprint density at radius 1 is 1.08 bits per heavy atom. The highest BCUT2D eigenvalue weighted by atomic mass is 16.5. The van der Waals surface area contributed by atoms with Gasteiger partial charge in [0.25, 0.3) is 0 Å². The van der Waals surface area contributed by atoms with Crippen molar-refractivity contribution in [2.24, 2.45) is 0 Å². The number of morpholine rings is 1. The first-order valence-corrected chi connectivity index (χ1v) is 13.8. The van der Waals surface area contributed by atoms with Crippen molar-refractivity contribution in [1.29, 1.82) is 0 Å². The van der Waals surface area contributed by atoms with E-state index in [2.05, 4.69) is 27.1 Å². The van der Waals surface area contributed by atoms with Gasteiger partial charge in [0.15, 0.2) is 5.43 Å². The molecule has 1 fully saturated rings. The number of hydrogen-bond acceptors (Lipinski definition) is 6. The minimum Gasteiger partial charge on any atom is -0.478 e. The number of carbonyl (C=O) groups is 1. The number of hydrogen-bond donors (Lipinski definition) is 2. The summed E-state index contributed by atoms with van der Waals surface area (Å²) in [7, 11) is 0. The molecule has 0 aliphatic carbocycles. The van der Waals surface area contributed by atoms with Crippen LogP contribution >= 0.6 is 0 Å². The Bertz CT molecular complexity index is 1500. The Morgan fingerprint density at radius 3 is 2.67 bits per heavy atom. The quantitative estimate of drug-likeness (QED) is 0.266. The highest BCUT2D eigenvalue weighted by Gasteiger charge is 2.18. The van der Waals surface area contributed by atoms with Crippen molar-refractivity contribution >= 4 is 22.7 Å². The molecule has 2 N–H and O–H groups in total. The molecule has 5 rings (SSSR count). The predicted octanol–water partition coefficient (Wildman–Crippen LogP) is 4.88. The number of rotatable bonds is 11. The van der Waals surface area contributed by atoms with Crippen molar-refractivity contribution in [1.82, 2.24) is 20.0 Å². The number of anilines is 1. The van der Waals surface area contributed by atoms with Gasteiger partial charge in [0.2, 0.25) is 0 Å². The largest absolute Gasteiger partial charge is 0.478 e. The number of carboxylic acids is 1. The van der Waals surface area contributed by atoms with E-state index in [1.54, 1.807) is 22.9 Å². The van der Waals surface area contributed by atoms with Crippen LogP contribution in [-0.4, -0.2) is 57.4 Å². The highest BCUT2D eigenvalue weighted by Crippen LogP contribution is 2.27. The maximum atomic E-state index is 13.0. The molecule has 3 heterocycles. The monoisotopic (exact) mass is 529 g/mol. The Morgan fingerprint density at radius 2 is 1.87 bits per heavy atom. The van der Waals surface area contributed by atoms with E-state index in [0.717, 1.165) is 66.8 Å². The third kappa shape index (κ3) is 6.04. The molecular formula is C30H35N5O4. The fourth-order valence-corrected chi connectivity index (χ4v) is 5.30. The number of nitrogens with zero attached hydrogens (tertiary/aromatic N) is 4. The fourth-order valence-electron chi connectivity index (χ4n) is 5.30. The molecule has 0 saturated carbocycles. The Labute approximate surface area is 227 Å². The summed E-state index contributed by atoms with van der Waals surface area (Å²) in [4.78, 5) is 30.5. The molecule has 0 radical (unpaired) electrons. The highest BCUT2D eigenvalue weighted by molar-refractivity contribution is 5.93. The summed E-state index contributed by atoms with van der Waals surface area (Å²) < 4.78 is 7.20. The number of pyridine rings is 1. The summed E-state index contributed by atoms with van der Waals surface area (Å²) in [6.07, 6.45) is 8.14. The fraction of sp³-hybridized carbons (Fsp3) is 0.400. The number of H-pyrrole nitrogens is 1. The van der Waals surface area contributed by atoms with E-state index in [4.69, 9.17) is 4.74 Å². The average Bonchev–Trinajstić information content (AvgIpc) is 3.42. The Hall–Kier alpha value is -3.98. The third-order valence-electron chi connectivity index (χ3n) is 7.38. The maximum Gasteiger partial charge on any atom is 0.335 e. The van der Waals surface area contributed by atoms with Gasteiger partial charge in [0.05, 0.1) is 37.0 Å². The van der Waals surface area contributed by atoms with Crippen LogP contribution in [0.1, 0.15) is 60.5 Å². The second kappa shape index (κ2) is 12.3. The van der Waals surface area contributed by atoms with Crippen LogP contribution in [0.15, 0.2) is 53.5 Å². The molecule has 204 valence electrons. The molecule has 4 aromatic rings. The Kier molecular flexibility index (Phi) is 8.36. The van der Waals surface area contributed by atoms with E-state index in [1.165, 1.54) is 12.8 Å². The first-order chi connectivity index (χ1) is 19.0. The minimum atomic E-state index is -0.907. The van der Waals surface area contributed by atoms with Crippen LogP contribution in [0.3, 0.4) is 0 Å². The molecule has 0 unspecified atom stereocenters. The number of benzene rings is 2. The minimum absolute atomic E-state index is 0.0476. The molecule has 1 aliphatic heterocycles. The van der Waals surface area contributed by atoms with Crippen LogP contribution in [0.5, 0.6) is 0 Å². The van der Waals surface area contributed by atoms with Crippen LogP contribution < -0.4 is 10.3 Å². The van der Waals surface area contributed by atoms with E-state index in [1.807, 2.05) is 30.5 Å². The summed E-state index contributed by atoms with van der Waals surface area (Å²) >= 11 is 0. The summed E-state index contributed by atoms with van der Waals surface area (Å²) in [5.41, 5.74) is 4.26. The lowest BCUT2D eigenvalue weighted by molar-refractivity contribution is 0.0695. The molecule has 0 atom stereocenters. The summed E-state index contributed by atoms with van der Waals surface area (Å²) in [5.74, 6) is -0.139. The smallest absolute Gasteiger partial charge is 0.335 e. The van der Waals surface area contributed by atoms with Gasteiger partial charge in [-0.2, -0.15) is 0 Å². The second-order valence-corrected chi connectivity index (χ2v) is 10.1. The van der Waals surface area contributed by atoms with E-state index < -0.39 is 5.97 Å². The van der Waals surface area contributed by atoms with E-state index in [-0.39, 0.29) is 5.43 Å². The lowest BCUT2D eigenvalue weighted by Crippen LogP contribution is -2.37. The molecule has 2 aromatic carbocycles. The molecule has 39 heavy (non-hydrogen) atoms. The van der Waals surface area contributed by atoms with Crippen molar-refractivity contribution in [2.75, 3.05) is 31.2 Å². The van der Waals surface area contributed by atoms with Gasteiger partial charge in [-0.25, -0.2) is 9.48 Å². The van der Waals surface area contributed by atoms with Gasteiger partial charge in [-0.3, -0.25) is 4.79 Å². The number of aromatic carboxylic acids is 1. The van der Waals surface area contributed by atoms with Gasteiger partial charge in [-0.15, -0.1) is 5.10 Å².